The Hall–Kier alpha value is -3.06. The van der Waals surface area contributed by atoms with Crippen molar-refractivity contribution in [2.24, 2.45) is 0 Å². The number of nitrogens with zero attached hydrogens (tertiary/aromatic N) is 1. The van der Waals surface area contributed by atoms with E-state index in [2.05, 4.69) is 10.3 Å². The van der Waals surface area contributed by atoms with E-state index in [0.29, 0.717) is 16.3 Å². The number of hydrogen-bond acceptors (Lipinski definition) is 3. The van der Waals surface area contributed by atoms with Crippen LogP contribution in [0.1, 0.15) is 21.5 Å². The first-order chi connectivity index (χ1) is 13.2. The van der Waals surface area contributed by atoms with Crippen LogP contribution in [0.4, 0.5) is 18.9 Å². The van der Waals surface area contributed by atoms with Crippen LogP contribution in [0.2, 0.25) is 5.02 Å². The van der Waals surface area contributed by atoms with Crippen LogP contribution in [-0.4, -0.2) is 10.9 Å². The summed E-state index contributed by atoms with van der Waals surface area (Å²) in [4.78, 5) is 16.2. The van der Waals surface area contributed by atoms with Gasteiger partial charge in [0.15, 0.2) is 5.75 Å². The summed E-state index contributed by atoms with van der Waals surface area (Å²) in [6.07, 6.45) is -1.70. The normalized spacial score (nSPS) is 11.2. The Morgan fingerprint density at radius 3 is 2.54 bits per heavy atom. The minimum atomic E-state index is -4.56. The average molecular weight is 407 g/mol. The Labute approximate surface area is 163 Å². The SMILES string of the molecule is Cc1cc(Cl)ccc1Oc1cc(C(F)(F)F)ccc1NC(=O)c1cccnc1. The van der Waals surface area contributed by atoms with Gasteiger partial charge < -0.3 is 10.1 Å². The molecular weight excluding hydrogens is 393 g/mol. The molecule has 0 fully saturated rings. The largest absolute Gasteiger partial charge is 0.455 e. The lowest BCUT2D eigenvalue weighted by Gasteiger charge is -2.16. The number of anilines is 1. The molecule has 0 spiro atoms. The lowest BCUT2D eigenvalue weighted by Crippen LogP contribution is -2.13. The number of pyridine rings is 1. The summed E-state index contributed by atoms with van der Waals surface area (Å²) in [5.41, 5.74) is 0.0927. The van der Waals surface area contributed by atoms with Crippen molar-refractivity contribution in [3.63, 3.8) is 0 Å². The molecule has 28 heavy (non-hydrogen) atoms. The van der Waals surface area contributed by atoms with Gasteiger partial charge in [-0.15, -0.1) is 0 Å². The van der Waals surface area contributed by atoms with E-state index in [-0.39, 0.29) is 17.0 Å². The third-order valence-electron chi connectivity index (χ3n) is 3.84. The average Bonchev–Trinajstić information content (AvgIpc) is 2.65. The standard InChI is InChI=1S/C20H14ClF3N2O2/c1-12-9-15(21)5-7-17(12)28-18-10-14(20(22,23)24)4-6-16(18)26-19(27)13-3-2-8-25-11-13/h2-11H,1H3,(H,26,27). The molecule has 0 bridgehead atoms. The highest BCUT2D eigenvalue weighted by molar-refractivity contribution is 6.30. The highest BCUT2D eigenvalue weighted by Crippen LogP contribution is 2.38. The zero-order valence-corrected chi connectivity index (χ0v) is 15.3. The van der Waals surface area contributed by atoms with E-state index < -0.39 is 17.6 Å². The topological polar surface area (TPSA) is 51.2 Å². The zero-order chi connectivity index (χ0) is 20.3. The fourth-order valence-electron chi connectivity index (χ4n) is 2.42. The van der Waals surface area contributed by atoms with Crippen LogP contribution in [0.5, 0.6) is 11.5 Å². The zero-order valence-electron chi connectivity index (χ0n) is 14.5. The number of aryl methyl sites for hydroxylation is 1. The molecule has 1 heterocycles. The molecule has 0 aliphatic carbocycles. The van der Waals surface area contributed by atoms with Gasteiger partial charge in [-0.25, -0.2) is 0 Å². The molecule has 0 unspecified atom stereocenters. The number of aromatic nitrogens is 1. The number of ether oxygens (including phenoxy) is 1. The molecule has 0 atom stereocenters. The van der Waals surface area contributed by atoms with Crippen LogP contribution in [0.3, 0.4) is 0 Å². The summed E-state index contributed by atoms with van der Waals surface area (Å²) in [6.45, 7) is 1.71. The summed E-state index contributed by atoms with van der Waals surface area (Å²) in [6, 6.07) is 10.7. The van der Waals surface area contributed by atoms with Gasteiger partial charge in [0.25, 0.3) is 5.91 Å². The van der Waals surface area contributed by atoms with Crippen molar-refractivity contribution < 1.29 is 22.7 Å². The van der Waals surface area contributed by atoms with E-state index in [4.69, 9.17) is 16.3 Å². The van der Waals surface area contributed by atoms with E-state index in [1.54, 1.807) is 31.2 Å². The molecule has 1 aromatic heterocycles. The van der Waals surface area contributed by atoms with E-state index in [0.717, 1.165) is 18.2 Å². The Morgan fingerprint density at radius 2 is 1.89 bits per heavy atom. The van der Waals surface area contributed by atoms with Crippen LogP contribution >= 0.6 is 11.6 Å². The molecular formula is C20H14ClF3N2O2. The van der Waals surface area contributed by atoms with Crippen molar-refractivity contribution in [3.8, 4) is 11.5 Å². The van der Waals surface area contributed by atoms with Gasteiger partial charge in [-0.3, -0.25) is 9.78 Å². The first-order valence-corrected chi connectivity index (χ1v) is 8.48. The van der Waals surface area contributed by atoms with E-state index in [1.165, 1.54) is 18.5 Å². The molecule has 0 saturated carbocycles. The van der Waals surface area contributed by atoms with Crippen molar-refractivity contribution in [2.45, 2.75) is 13.1 Å². The Bertz CT molecular complexity index is 1010. The van der Waals surface area contributed by atoms with Gasteiger partial charge in [-0.1, -0.05) is 11.6 Å². The highest BCUT2D eigenvalue weighted by atomic mass is 35.5. The van der Waals surface area contributed by atoms with Gasteiger partial charge in [0.1, 0.15) is 5.75 Å². The molecule has 3 rings (SSSR count). The molecule has 8 heteroatoms. The lowest BCUT2D eigenvalue weighted by atomic mass is 10.1. The van der Waals surface area contributed by atoms with E-state index in [9.17, 15) is 18.0 Å². The van der Waals surface area contributed by atoms with Gasteiger partial charge in [0.05, 0.1) is 16.8 Å². The molecule has 1 amide bonds. The van der Waals surface area contributed by atoms with Gasteiger partial charge in [-0.05, 0) is 61.0 Å². The van der Waals surface area contributed by atoms with Crippen LogP contribution in [0, 0.1) is 6.92 Å². The van der Waals surface area contributed by atoms with Crippen molar-refractivity contribution in [3.05, 3.63) is 82.6 Å². The molecule has 0 radical (unpaired) electrons. The summed E-state index contributed by atoms with van der Waals surface area (Å²) in [5.74, 6) is -0.344. The molecule has 2 aromatic carbocycles. The number of nitrogens with one attached hydrogen (secondary N) is 1. The quantitative estimate of drug-likeness (QED) is 0.569. The maximum atomic E-state index is 13.1. The summed E-state index contributed by atoms with van der Waals surface area (Å²) >= 11 is 5.91. The highest BCUT2D eigenvalue weighted by Gasteiger charge is 2.31. The van der Waals surface area contributed by atoms with Gasteiger partial charge >= 0.3 is 6.18 Å². The Kier molecular flexibility index (Phi) is 5.56. The molecule has 0 aliphatic heterocycles. The number of carbonyl (C=O) groups is 1. The van der Waals surface area contributed by atoms with E-state index in [1.807, 2.05) is 0 Å². The van der Waals surface area contributed by atoms with Crippen molar-refractivity contribution in [1.82, 2.24) is 4.98 Å². The minimum absolute atomic E-state index is 0.0937. The predicted octanol–water partition coefficient (Wildman–Crippen LogP) is 6.11. The second kappa shape index (κ2) is 7.90. The van der Waals surface area contributed by atoms with Crippen LogP contribution in [0.25, 0.3) is 0 Å². The van der Waals surface area contributed by atoms with Gasteiger partial charge in [0.2, 0.25) is 0 Å². The first-order valence-electron chi connectivity index (χ1n) is 8.10. The number of carbonyl (C=O) groups excluding carboxylic acids is 1. The van der Waals surface area contributed by atoms with Crippen molar-refractivity contribution in [2.75, 3.05) is 5.32 Å². The van der Waals surface area contributed by atoms with Gasteiger partial charge in [-0.2, -0.15) is 13.2 Å². The van der Waals surface area contributed by atoms with Crippen LogP contribution in [0.15, 0.2) is 60.9 Å². The van der Waals surface area contributed by atoms with E-state index >= 15 is 0 Å². The number of amides is 1. The second-order valence-corrected chi connectivity index (χ2v) is 6.35. The Balaban J connectivity index is 1.98. The van der Waals surface area contributed by atoms with Crippen LogP contribution in [-0.2, 0) is 6.18 Å². The van der Waals surface area contributed by atoms with Gasteiger partial charge in [0, 0.05) is 17.4 Å². The maximum absolute atomic E-state index is 13.1. The smallest absolute Gasteiger partial charge is 0.416 e. The van der Waals surface area contributed by atoms with Crippen molar-refractivity contribution >= 4 is 23.2 Å². The molecule has 0 saturated heterocycles. The summed E-state index contributed by atoms with van der Waals surface area (Å²) in [7, 11) is 0. The summed E-state index contributed by atoms with van der Waals surface area (Å²) < 4.78 is 45.1. The predicted molar refractivity (Wildman–Crippen MR) is 99.9 cm³/mol. The minimum Gasteiger partial charge on any atom is -0.455 e. The fourth-order valence-corrected chi connectivity index (χ4v) is 2.65. The Morgan fingerprint density at radius 1 is 1.11 bits per heavy atom. The van der Waals surface area contributed by atoms with Crippen molar-refractivity contribution in [1.29, 1.82) is 0 Å². The maximum Gasteiger partial charge on any atom is 0.416 e. The number of alkyl halides is 3. The third kappa shape index (κ3) is 4.61. The summed E-state index contributed by atoms with van der Waals surface area (Å²) in [5, 5.41) is 3.03. The first kappa shape index (κ1) is 19.7. The fraction of sp³-hybridized carbons (Fsp3) is 0.100. The number of benzene rings is 2. The molecule has 1 N–H and O–H groups in total. The third-order valence-corrected chi connectivity index (χ3v) is 4.07. The lowest BCUT2D eigenvalue weighted by molar-refractivity contribution is -0.137. The molecule has 3 aromatic rings. The number of hydrogen-bond donors (Lipinski definition) is 1. The monoisotopic (exact) mass is 406 g/mol. The molecule has 4 nitrogen and oxygen atoms in total. The number of halogens is 4. The second-order valence-electron chi connectivity index (χ2n) is 5.92. The molecule has 144 valence electrons. The number of rotatable bonds is 4. The van der Waals surface area contributed by atoms with Crippen LogP contribution < -0.4 is 10.1 Å². The molecule has 0 aliphatic rings.